The van der Waals surface area contributed by atoms with Gasteiger partial charge in [0.15, 0.2) is 5.76 Å². The minimum absolute atomic E-state index is 0.367. The Morgan fingerprint density at radius 1 is 1.15 bits per heavy atom. The van der Waals surface area contributed by atoms with Crippen molar-refractivity contribution >= 4 is 11.6 Å². The number of ether oxygens (including phenoxy) is 1. The van der Waals surface area contributed by atoms with Crippen LogP contribution >= 0.6 is 0 Å². The number of hydrogen-bond acceptors (Lipinski definition) is 5. The Bertz CT molecular complexity index is 957. The van der Waals surface area contributed by atoms with Crippen LogP contribution < -0.4 is 15.6 Å². The number of methoxy groups -OCH3 is 1. The van der Waals surface area contributed by atoms with Crippen molar-refractivity contribution in [3.8, 4) is 17.2 Å². The van der Waals surface area contributed by atoms with Crippen molar-refractivity contribution in [1.82, 2.24) is 9.78 Å². The summed E-state index contributed by atoms with van der Waals surface area (Å²) in [7, 11) is 1.57. The molecule has 1 amide bonds. The highest BCUT2D eigenvalue weighted by molar-refractivity contribution is 5.96. The molecule has 2 heterocycles. The van der Waals surface area contributed by atoms with Gasteiger partial charge in [-0.3, -0.25) is 9.59 Å². The van der Waals surface area contributed by atoms with Gasteiger partial charge >= 0.3 is 0 Å². The molecule has 3 aromatic rings. The molecule has 0 radical (unpaired) electrons. The van der Waals surface area contributed by atoms with Crippen LogP contribution in [0.1, 0.15) is 13.8 Å². The second-order valence-corrected chi connectivity index (χ2v) is 6.19. The maximum Gasteiger partial charge on any atom is 0.267 e. The largest absolute Gasteiger partial charge is 0.497 e. The van der Waals surface area contributed by atoms with Gasteiger partial charge in [-0.15, -0.1) is 0 Å². The lowest BCUT2D eigenvalue weighted by atomic mass is 10.0. The Labute approximate surface area is 150 Å². The van der Waals surface area contributed by atoms with E-state index in [2.05, 4.69) is 10.4 Å². The lowest BCUT2D eigenvalue weighted by Gasteiger charge is -2.25. The van der Waals surface area contributed by atoms with Gasteiger partial charge in [-0.25, -0.2) is 4.68 Å². The summed E-state index contributed by atoms with van der Waals surface area (Å²) >= 11 is 0. The summed E-state index contributed by atoms with van der Waals surface area (Å²) in [4.78, 5) is 25.1. The highest BCUT2D eigenvalue weighted by Gasteiger charge is 2.32. The number of furan rings is 1. The van der Waals surface area contributed by atoms with Gasteiger partial charge in [-0.2, -0.15) is 5.10 Å². The number of nitrogens with one attached hydrogen (secondary N) is 1. The van der Waals surface area contributed by atoms with Crippen molar-refractivity contribution in [1.29, 1.82) is 0 Å². The van der Waals surface area contributed by atoms with Gasteiger partial charge in [0.05, 0.1) is 13.4 Å². The first kappa shape index (κ1) is 17.5. The number of amides is 1. The van der Waals surface area contributed by atoms with Crippen molar-refractivity contribution in [3.63, 3.8) is 0 Å². The molecule has 26 heavy (non-hydrogen) atoms. The maximum atomic E-state index is 12.8. The molecule has 0 aliphatic rings. The molecule has 0 saturated carbocycles. The summed E-state index contributed by atoms with van der Waals surface area (Å²) in [5.74, 6) is 0.838. The first-order valence-electron chi connectivity index (χ1n) is 8.02. The van der Waals surface area contributed by atoms with Crippen molar-refractivity contribution < 1.29 is 13.9 Å². The van der Waals surface area contributed by atoms with E-state index in [1.807, 2.05) is 0 Å². The van der Waals surface area contributed by atoms with E-state index in [0.29, 0.717) is 22.9 Å². The van der Waals surface area contributed by atoms with Crippen LogP contribution in [0.15, 0.2) is 64.0 Å². The van der Waals surface area contributed by atoms with E-state index in [9.17, 15) is 9.59 Å². The fourth-order valence-corrected chi connectivity index (χ4v) is 2.42. The second-order valence-electron chi connectivity index (χ2n) is 6.19. The number of aromatic nitrogens is 2. The third-order valence-electron chi connectivity index (χ3n) is 4.01. The first-order chi connectivity index (χ1) is 12.4. The molecule has 0 fully saturated rings. The van der Waals surface area contributed by atoms with Gasteiger partial charge in [-0.05, 0) is 56.3 Å². The highest BCUT2D eigenvalue weighted by Crippen LogP contribution is 2.21. The molecule has 0 bridgehead atoms. The van der Waals surface area contributed by atoms with Gasteiger partial charge in [0.2, 0.25) is 0 Å². The van der Waals surface area contributed by atoms with E-state index in [-0.39, 0.29) is 11.5 Å². The molecule has 0 saturated heterocycles. The SMILES string of the molecule is COc1ccc(NC(=O)C(C)(C)n2nc(-c3ccco3)ccc2=O)cc1. The number of carbonyl (C=O) groups is 1. The molecule has 1 aromatic carbocycles. The van der Waals surface area contributed by atoms with E-state index in [1.165, 1.54) is 12.3 Å². The predicted molar refractivity (Wildman–Crippen MR) is 97.1 cm³/mol. The molecule has 1 N–H and O–H groups in total. The lowest BCUT2D eigenvalue weighted by molar-refractivity contribution is -0.123. The number of rotatable bonds is 5. The van der Waals surface area contributed by atoms with Crippen LogP contribution in [0.4, 0.5) is 5.69 Å². The lowest BCUT2D eigenvalue weighted by Crippen LogP contribution is -2.47. The molecular weight excluding hydrogens is 334 g/mol. The van der Waals surface area contributed by atoms with E-state index in [4.69, 9.17) is 9.15 Å². The Hall–Kier alpha value is -3.35. The molecule has 0 atom stereocenters. The van der Waals surface area contributed by atoms with Crippen molar-refractivity contribution in [2.45, 2.75) is 19.4 Å². The smallest absolute Gasteiger partial charge is 0.267 e. The monoisotopic (exact) mass is 353 g/mol. The number of carbonyl (C=O) groups excluding carboxylic acids is 1. The van der Waals surface area contributed by atoms with E-state index in [0.717, 1.165) is 4.68 Å². The molecule has 134 valence electrons. The number of nitrogens with zero attached hydrogens (tertiary/aromatic N) is 2. The van der Waals surface area contributed by atoms with Crippen LogP contribution in [0.2, 0.25) is 0 Å². The summed E-state index contributed by atoms with van der Waals surface area (Å²) < 4.78 is 11.6. The van der Waals surface area contributed by atoms with Crippen LogP contribution in [0.5, 0.6) is 5.75 Å². The minimum Gasteiger partial charge on any atom is -0.497 e. The predicted octanol–water partition coefficient (Wildman–Crippen LogP) is 2.89. The van der Waals surface area contributed by atoms with Crippen LogP contribution in [0.25, 0.3) is 11.5 Å². The minimum atomic E-state index is -1.21. The van der Waals surface area contributed by atoms with Gasteiger partial charge in [-0.1, -0.05) is 0 Å². The van der Waals surface area contributed by atoms with Crippen LogP contribution in [0, 0.1) is 0 Å². The fraction of sp³-hybridized carbons (Fsp3) is 0.211. The molecule has 0 spiro atoms. The molecule has 2 aromatic heterocycles. The zero-order valence-corrected chi connectivity index (χ0v) is 14.7. The number of hydrogen-bond donors (Lipinski definition) is 1. The zero-order chi connectivity index (χ0) is 18.7. The Morgan fingerprint density at radius 2 is 1.88 bits per heavy atom. The summed E-state index contributed by atoms with van der Waals surface area (Å²) in [6, 6.07) is 13.3. The summed E-state index contributed by atoms with van der Waals surface area (Å²) in [6.45, 7) is 3.26. The van der Waals surface area contributed by atoms with Gasteiger partial charge < -0.3 is 14.5 Å². The van der Waals surface area contributed by atoms with Crippen molar-refractivity contribution in [3.05, 3.63) is 65.1 Å². The average Bonchev–Trinajstić information content (AvgIpc) is 3.17. The highest BCUT2D eigenvalue weighted by atomic mass is 16.5. The van der Waals surface area contributed by atoms with Crippen LogP contribution in [-0.2, 0) is 10.3 Å². The fourth-order valence-electron chi connectivity index (χ4n) is 2.42. The molecular formula is C19H19N3O4. The Balaban J connectivity index is 1.89. The number of benzene rings is 1. The summed E-state index contributed by atoms with van der Waals surface area (Å²) in [6.07, 6.45) is 1.52. The van der Waals surface area contributed by atoms with Gasteiger partial charge in [0, 0.05) is 11.8 Å². The molecule has 0 aliphatic carbocycles. The second kappa shape index (κ2) is 6.87. The molecule has 0 unspecified atom stereocenters. The average molecular weight is 353 g/mol. The van der Waals surface area contributed by atoms with Crippen LogP contribution in [-0.4, -0.2) is 22.8 Å². The number of anilines is 1. The van der Waals surface area contributed by atoms with Crippen molar-refractivity contribution in [2.75, 3.05) is 12.4 Å². The van der Waals surface area contributed by atoms with E-state index in [1.54, 1.807) is 63.4 Å². The molecule has 3 rings (SSSR count). The van der Waals surface area contributed by atoms with E-state index < -0.39 is 5.54 Å². The quantitative estimate of drug-likeness (QED) is 0.762. The van der Waals surface area contributed by atoms with Gasteiger partial charge in [0.25, 0.3) is 11.5 Å². The normalized spacial score (nSPS) is 11.2. The third kappa shape index (κ3) is 3.37. The molecule has 7 nitrogen and oxygen atoms in total. The maximum absolute atomic E-state index is 12.8. The zero-order valence-electron chi connectivity index (χ0n) is 14.7. The first-order valence-corrected chi connectivity index (χ1v) is 8.02. The Morgan fingerprint density at radius 3 is 2.50 bits per heavy atom. The van der Waals surface area contributed by atoms with Crippen LogP contribution in [0.3, 0.4) is 0 Å². The van der Waals surface area contributed by atoms with Crippen molar-refractivity contribution in [2.24, 2.45) is 0 Å². The van der Waals surface area contributed by atoms with E-state index >= 15 is 0 Å². The standard InChI is InChI=1S/C19H19N3O4/c1-19(2,18(24)20-13-6-8-14(25-3)9-7-13)22-17(23)11-10-15(21-22)16-5-4-12-26-16/h4-12H,1-3H3,(H,20,24). The third-order valence-corrected chi connectivity index (χ3v) is 4.01. The molecule has 0 aliphatic heterocycles. The van der Waals surface area contributed by atoms with Gasteiger partial charge in [0.1, 0.15) is 17.0 Å². The molecule has 7 heteroatoms. The Kier molecular flexibility index (Phi) is 4.62. The summed E-state index contributed by atoms with van der Waals surface area (Å²) in [5.41, 5.74) is -0.520. The summed E-state index contributed by atoms with van der Waals surface area (Å²) in [5, 5.41) is 7.10. The topological polar surface area (TPSA) is 86.4 Å².